The summed E-state index contributed by atoms with van der Waals surface area (Å²) in [6.45, 7) is 3.14. The molecule has 168 valence electrons. The van der Waals surface area contributed by atoms with Crippen molar-refractivity contribution in [3.63, 3.8) is 0 Å². The Morgan fingerprint density at radius 2 is 1.78 bits per heavy atom. The molecule has 0 bridgehead atoms. The van der Waals surface area contributed by atoms with Gasteiger partial charge in [-0.3, -0.25) is 9.48 Å². The number of nitrogens with zero attached hydrogens (tertiary/aromatic N) is 6. The van der Waals surface area contributed by atoms with Crippen LogP contribution in [-0.2, 0) is 24.6 Å². The van der Waals surface area contributed by atoms with E-state index in [1.54, 1.807) is 14.0 Å². The monoisotopic (exact) mass is 448 g/mol. The van der Waals surface area contributed by atoms with E-state index < -0.39 is 17.3 Å². The van der Waals surface area contributed by atoms with Gasteiger partial charge in [-0.15, -0.1) is 4.85 Å². The van der Waals surface area contributed by atoms with E-state index in [0.29, 0.717) is 27.4 Å². The summed E-state index contributed by atoms with van der Waals surface area (Å²) in [5, 5.41) is 15.0. The van der Waals surface area contributed by atoms with Crippen LogP contribution < -0.4 is 5.56 Å². The van der Waals surface area contributed by atoms with Crippen LogP contribution in [0.2, 0.25) is 0 Å². The van der Waals surface area contributed by atoms with Gasteiger partial charge >= 0.3 is 6.18 Å². The van der Waals surface area contributed by atoms with Crippen molar-refractivity contribution in [2.24, 2.45) is 7.05 Å². The van der Waals surface area contributed by atoms with Gasteiger partial charge in [0.1, 0.15) is 5.69 Å². The number of methoxy groups -OCH3 is 1. The van der Waals surface area contributed by atoms with E-state index in [9.17, 15) is 23.2 Å². The van der Waals surface area contributed by atoms with Crippen LogP contribution in [-0.4, -0.2) is 41.4 Å². The Bertz CT molecular complexity index is 1380. The van der Waals surface area contributed by atoms with Crippen LogP contribution in [0.3, 0.4) is 0 Å². The van der Waals surface area contributed by atoms with Crippen LogP contribution in [0.15, 0.2) is 29.1 Å². The highest BCUT2D eigenvalue weighted by molar-refractivity contribution is 5.81. The second kappa shape index (κ2) is 7.48. The predicted octanol–water partition coefficient (Wildman–Crippen LogP) is 2.98. The van der Waals surface area contributed by atoms with Gasteiger partial charge < -0.3 is 9.94 Å². The van der Waals surface area contributed by atoms with E-state index in [1.165, 1.54) is 35.4 Å². The average molecular weight is 448 g/mol. The van der Waals surface area contributed by atoms with Crippen LogP contribution in [0.4, 0.5) is 13.2 Å². The predicted molar refractivity (Wildman–Crippen MR) is 107 cm³/mol. The zero-order valence-corrected chi connectivity index (χ0v) is 17.6. The van der Waals surface area contributed by atoms with Crippen LogP contribution >= 0.6 is 0 Å². The van der Waals surface area contributed by atoms with Crippen molar-refractivity contribution < 1.29 is 23.1 Å². The number of halogens is 3. The topological polar surface area (TPSA) is 99.5 Å². The van der Waals surface area contributed by atoms with Gasteiger partial charge in [0.2, 0.25) is 0 Å². The minimum Gasteiger partial charge on any atom is -0.411 e. The number of hydrogen-bond acceptors (Lipinski definition) is 6. The Balaban J connectivity index is 2.03. The molecule has 0 spiro atoms. The Hall–Kier alpha value is -3.67. The molecule has 0 radical (unpaired) electrons. The maximum Gasteiger partial charge on any atom is 0.416 e. The van der Waals surface area contributed by atoms with Gasteiger partial charge in [0.25, 0.3) is 5.56 Å². The lowest BCUT2D eigenvalue weighted by Gasteiger charge is -2.11. The van der Waals surface area contributed by atoms with Crippen molar-refractivity contribution >= 4 is 5.52 Å². The molecule has 9 nitrogen and oxygen atoms in total. The third kappa shape index (κ3) is 3.32. The van der Waals surface area contributed by atoms with Gasteiger partial charge in [-0.25, -0.2) is 4.98 Å². The Morgan fingerprint density at radius 3 is 2.38 bits per heavy atom. The summed E-state index contributed by atoms with van der Waals surface area (Å²) in [6.07, 6.45) is -4.46. The van der Waals surface area contributed by atoms with E-state index >= 15 is 0 Å². The highest BCUT2D eigenvalue weighted by Crippen LogP contribution is 2.36. The summed E-state index contributed by atoms with van der Waals surface area (Å²) in [5.74, 6) is 0.209. The lowest BCUT2D eigenvalue weighted by Crippen LogP contribution is -2.22. The molecule has 0 unspecified atom stereocenters. The van der Waals surface area contributed by atoms with Gasteiger partial charge in [-0.05, 0) is 26.0 Å². The summed E-state index contributed by atoms with van der Waals surface area (Å²) in [6, 6.07) is 4.65. The third-order valence-corrected chi connectivity index (χ3v) is 5.08. The van der Waals surface area contributed by atoms with Crippen molar-refractivity contribution in [1.82, 2.24) is 29.1 Å². The molecule has 0 amide bonds. The van der Waals surface area contributed by atoms with Gasteiger partial charge in [0.05, 0.1) is 29.1 Å². The van der Waals surface area contributed by atoms with Crippen LogP contribution in [0.5, 0.6) is 0 Å². The van der Waals surface area contributed by atoms with Gasteiger partial charge in [0.15, 0.2) is 17.2 Å². The number of rotatable bonds is 4. The van der Waals surface area contributed by atoms with E-state index in [-0.39, 0.29) is 29.5 Å². The first-order chi connectivity index (χ1) is 15.0. The molecule has 12 heteroatoms. The zero-order chi connectivity index (χ0) is 23.4. The smallest absolute Gasteiger partial charge is 0.411 e. The molecule has 0 saturated heterocycles. The molecule has 3 aromatic heterocycles. The van der Waals surface area contributed by atoms with Crippen molar-refractivity contribution in [2.75, 3.05) is 7.11 Å². The van der Waals surface area contributed by atoms with Gasteiger partial charge in [-0.1, -0.05) is 12.1 Å². The molecule has 3 heterocycles. The zero-order valence-electron chi connectivity index (χ0n) is 17.6. The molecular formula is C20H19F3N6O3. The lowest BCUT2D eigenvalue weighted by atomic mass is 10.0. The maximum absolute atomic E-state index is 13.0. The minimum absolute atomic E-state index is 0.0155. The highest BCUT2D eigenvalue weighted by Gasteiger charge is 2.31. The molecule has 0 aliphatic rings. The minimum atomic E-state index is -4.46. The summed E-state index contributed by atoms with van der Waals surface area (Å²) >= 11 is 0. The largest absolute Gasteiger partial charge is 0.416 e. The number of fused-ring (bicyclic) bond motifs is 1. The summed E-state index contributed by atoms with van der Waals surface area (Å²) in [4.78, 5) is 21.6. The van der Waals surface area contributed by atoms with Crippen molar-refractivity contribution in [2.45, 2.75) is 26.6 Å². The third-order valence-electron chi connectivity index (χ3n) is 5.08. The molecule has 0 aliphatic heterocycles. The molecule has 0 aliphatic carbocycles. The second-order valence-electron chi connectivity index (χ2n) is 7.24. The number of imidazole rings is 1. The van der Waals surface area contributed by atoms with Crippen LogP contribution in [0, 0.1) is 13.8 Å². The van der Waals surface area contributed by atoms with E-state index in [2.05, 4.69) is 15.1 Å². The molecule has 0 fully saturated rings. The normalized spacial score (nSPS) is 12.1. The quantitative estimate of drug-likeness (QED) is 0.482. The maximum atomic E-state index is 13.0. The molecule has 1 aromatic carbocycles. The summed E-state index contributed by atoms with van der Waals surface area (Å²) < 4.78 is 46.9. The number of hydrogen-bond donors (Lipinski definition) is 1. The van der Waals surface area contributed by atoms with Crippen molar-refractivity contribution in [3.05, 3.63) is 57.4 Å². The van der Waals surface area contributed by atoms with Crippen LogP contribution in [0.25, 0.3) is 28.2 Å². The molecule has 4 rings (SSSR count). The van der Waals surface area contributed by atoms with E-state index in [4.69, 9.17) is 4.74 Å². The van der Waals surface area contributed by atoms with E-state index in [0.717, 1.165) is 12.1 Å². The van der Waals surface area contributed by atoms with Crippen molar-refractivity contribution in [3.8, 4) is 22.6 Å². The number of alkyl halides is 3. The molecule has 0 saturated carbocycles. The Kier molecular flexibility index (Phi) is 5.04. The Morgan fingerprint density at radius 1 is 1.12 bits per heavy atom. The van der Waals surface area contributed by atoms with Crippen molar-refractivity contribution in [1.29, 1.82) is 0 Å². The number of aryl methyl sites for hydroxylation is 3. The number of aromatic nitrogens is 6. The fourth-order valence-corrected chi connectivity index (χ4v) is 3.72. The molecule has 1 N–H and O–H groups in total. The first-order valence-electron chi connectivity index (χ1n) is 9.45. The SMILES string of the molecule is COCc1nc(-c2c(C)nn(C)c2-c2ccc(C(F)(F)F)cc2)n2c1c(=O)nc(C)n2O. The summed E-state index contributed by atoms with van der Waals surface area (Å²) in [7, 11) is 3.08. The fourth-order valence-electron chi connectivity index (χ4n) is 3.72. The highest BCUT2D eigenvalue weighted by atomic mass is 19.4. The van der Waals surface area contributed by atoms with Gasteiger partial charge in [-0.2, -0.15) is 27.8 Å². The molecule has 0 atom stereocenters. The average Bonchev–Trinajstić information content (AvgIpc) is 3.22. The fraction of sp³-hybridized carbons (Fsp3) is 0.300. The Labute approximate surface area is 179 Å². The lowest BCUT2D eigenvalue weighted by molar-refractivity contribution is -0.137. The molecular weight excluding hydrogens is 429 g/mol. The van der Waals surface area contributed by atoms with Gasteiger partial charge in [0, 0.05) is 19.7 Å². The number of benzene rings is 1. The number of ether oxygens (including phenoxy) is 1. The molecule has 4 aromatic rings. The first kappa shape index (κ1) is 21.6. The van der Waals surface area contributed by atoms with Crippen LogP contribution in [0.1, 0.15) is 22.8 Å². The van der Waals surface area contributed by atoms with E-state index in [1.807, 2.05) is 0 Å². The first-order valence-corrected chi connectivity index (χ1v) is 9.45. The standard InChI is InChI=1S/C20H19F3N6O3/c1-10-15(16(27(3)26-10)12-5-7-13(8-6-12)20(21,22)23)18-25-14(9-32-4)17-19(30)24-11(2)29(31)28(17)18/h5-8,31H,9H2,1-4H3. The summed E-state index contributed by atoms with van der Waals surface area (Å²) in [5.41, 5.74) is 0.767. The second-order valence-corrected chi connectivity index (χ2v) is 7.24. The molecule has 32 heavy (non-hydrogen) atoms.